The molecule has 0 aromatic carbocycles. The van der Waals surface area contributed by atoms with E-state index in [2.05, 4.69) is 15.5 Å². The lowest BCUT2D eigenvalue weighted by molar-refractivity contribution is -0.137. The third-order valence-electron chi connectivity index (χ3n) is 2.13. The highest BCUT2D eigenvalue weighted by molar-refractivity contribution is 5.67. The van der Waals surface area contributed by atoms with E-state index < -0.39 is 5.97 Å². The van der Waals surface area contributed by atoms with Crippen LogP contribution in [0.25, 0.3) is 0 Å². The Bertz CT molecular complexity index is 324. The second kappa shape index (κ2) is 5.45. The number of rotatable bonds is 6. The molecule has 0 bridgehead atoms. The second-order valence-electron chi connectivity index (χ2n) is 3.41. The molecule has 1 heterocycles. The van der Waals surface area contributed by atoms with Crippen LogP contribution >= 0.6 is 0 Å². The van der Waals surface area contributed by atoms with Crippen LogP contribution in [0.4, 0.5) is 0 Å². The van der Waals surface area contributed by atoms with Crippen LogP contribution in [0.2, 0.25) is 0 Å². The van der Waals surface area contributed by atoms with Gasteiger partial charge in [0.15, 0.2) is 0 Å². The molecule has 1 aromatic heterocycles. The fraction of sp³-hybridized carbons (Fsp3) is 0.667. The average molecular weight is 212 g/mol. The zero-order chi connectivity index (χ0) is 11.3. The van der Waals surface area contributed by atoms with Gasteiger partial charge in [0.2, 0.25) is 0 Å². The van der Waals surface area contributed by atoms with Gasteiger partial charge in [-0.1, -0.05) is 0 Å². The van der Waals surface area contributed by atoms with Gasteiger partial charge in [0.25, 0.3) is 0 Å². The maximum atomic E-state index is 10.4. The zero-order valence-corrected chi connectivity index (χ0v) is 8.97. The Kier molecular flexibility index (Phi) is 4.23. The van der Waals surface area contributed by atoms with Crippen LogP contribution < -0.4 is 5.32 Å². The van der Waals surface area contributed by atoms with Crippen molar-refractivity contribution < 1.29 is 9.90 Å². The largest absolute Gasteiger partial charge is 0.481 e. The van der Waals surface area contributed by atoms with Crippen LogP contribution in [0, 0.1) is 0 Å². The number of nitrogens with one attached hydrogen (secondary N) is 1. The molecular weight excluding hydrogens is 196 g/mol. The number of carboxylic acid groups (broad SMARTS) is 1. The molecule has 0 radical (unpaired) electrons. The van der Waals surface area contributed by atoms with E-state index in [1.54, 1.807) is 6.33 Å². The summed E-state index contributed by atoms with van der Waals surface area (Å²) in [6.07, 6.45) is 1.78. The first-order chi connectivity index (χ1) is 7.13. The molecule has 1 atom stereocenters. The van der Waals surface area contributed by atoms with Gasteiger partial charge in [0.1, 0.15) is 12.2 Å². The van der Waals surface area contributed by atoms with Crippen molar-refractivity contribution in [3.05, 3.63) is 12.2 Å². The molecule has 1 aromatic rings. The van der Waals surface area contributed by atoms with Gasteiger partial charge in [-0.2, -0.15) is 0 Å². The van der Waals surface area contributed by atoms with Crippen molar-refractivity contribution in [2.45, 2.75) is 39.4 Å². The maximum Gasteiger partial charge on any atom is 0.304 e. The van der Waals surface area contributed by atoms with Crippen LogP contribution in [-0.2, 0) is 17.9 Å². The molecule has 1 unspecified atom stereocenters. The van der Waals surface area contributed by atoms with E-state index >= 15 is 0 Å². The molecule has 0 saturated heterocycles. The minimum absolute atomic E-state index is 0.0653. The van der Waals surface area contributed by atoms with Crippen LogP contribution in [0.3, 0.4) is 0 Å². The van der Waals surface area contributed by atoms with Gasteiger partial charge in [-0.15, -0.1) is 10.2 Å². The number of aryl methyl sites for hydroxylation is 1. The third-order valence-corrected chi connectivity index (χ3v) is 2.13. The number of hydrogen-bond acceptors (Lipinski definition) is 4. The minimum atomic E-state index is -0.799. The van der Waals surface area contributed by atoms with Gasteiger partial charge in [-0.05, 0) is 13.8 Å². The number of carboxylic acids is 1. The monoisotopic (exact) mass is 212 g/mol. The minimum Gasteiger partial charge on any atom is -0.481 e. The Labute approximate surface area is 88.3 Å². The van der Waals surface area contributed by atoms with Crippen molar-refractivity contribution in [3.8, 4) is 0 Å². The van der Waals surface area contributed by atoms with Crippen LogP contribution in [0.15, 0.2) is 6.33 Å². The lowest BCUT2D eigenvalue weighted by Crippen LogP contribution is -2.29. The number of hydrogen-bond donors (Lipinski definition) is 2. The Hall–Kier alpha value is -1.43. The van der Waals surface area contributed by atoms with Gasteiger partial charge in [0.05, 0.1) is 13.0 Å². The van der Waals surface area contributed by atoms with E-state index in [-0.39, 0.29) is 12.5 Å². The van der Waals surface area contributed by atoms with Gasteiger partial charge in [0, 0.05) is 12.6 Å². The molecular formula is C9H16N4O2. The van der Waals surface area contributed by atoms with Gasteiger partial charge in [-0.25, -0.2) is 0 Å². The summed E-state index contributed by atoms with van der Waals surface area (Å²) in [5.41, 5.74) is 0. The predicted octanol–water partition coefficient (Wildman–Crippen LogP) is 0.251. The number of aromatic nitrogens is 3. The van der Waals surface area contributed by atoms with Crippen molar-refractivity contribution in [2.75, 3.05) is 0 Å². The zero-order valence-electron chi connectivity index (χ0n) is 8.97. The summed E-state index contributed by atoms with van der Waals surface area (Å²) in [5.74, 6) is 0.0293. The molecule has 0 amide bonds. The van der Waals surface area contributed by atoms with Crippen LogP contribution in [0.5, 0.6) is 0 Å². The molecule has 0 saturated carbocycles. The first-order valence-corrected chi connectivity index (χ1v) is 4.95. The van der Waals surface area contributed by atoms with Crippen molar-refractivity contribution in [1.29, 1.82) is 0 Å². The summed E-state index contributed by atoms with van der Waals surface area (Å²) in [6, 6.07) is -0.0653. The molecule has 0 aliphatic rings. The highest BCUT2D eigenvalue weighted by Crippen LogP contribution is 1.97. The fourth-order valence-electron chi connectivity index (χ4n) is 1.28. The smallest absolute Gasteiger partial charge is 0.304 e. The average Bonchev–Trinajstić information content (AvgIpc) is 2.60. The van der Waals surface area contributed by atoms with E-state index in [4.69, 9.17) is 5.11 Å². The van der Waals surface area contributed by atoms with Gasteiger partial charge >= 0.3 is 5.97 Å². The van der Waals surface area contributed by atoms with E-state index in [0.29, 0.717) is 6.54 Å². The van der Waals surface area contributed by atoms with Crippen molar-refractivity contribution in [3.63, 3.8) is 0 Å². The Morgan fingerprint density at radius 3 is 3.07 bits per heavy atom. The van der Waals surface area contributed by atoms with E-state index in [1.807, 2.05) is 18.4 Å². The Morgan fingerprint density at radius 2 is 2.47 bits per heavy atom. The molecule has 6 nitrogen and oxygen atoms in total. The quantitative estimate of drug-likeness (QED) is 0.706. The molecule has 0 aliphatic carbocycles. The standard InChI is InChI=1S/C9H16N4O2/c1-3-13-6-11-12-8(13)5-10-7(2)4-9(14)15/h6-7,10H,3-5H2,1-2H3,(H,14,15). The van der Waals surface area contributed by atoms with E-state index in [1.165, 1.54) is 0 Å². The lowest BCUT2D eigenvalue weighted by Gasteiger charge is -2.10. The Morgan fingerprint density at radius 1 is 1.73 bits per heavy atom. The number of aliphatic carboxylic acids is 1. The molecule has 6 heteroatoms. The summed E-state index contributed by atoms with van der Waals surface area (Å²) >= 11 is 0. The fourth-order valence-corrected chi connectivity index (χ4v) is 1.28. The Balaban J connectivity index is 2.39. The molecule has 0 aliphatic heterocycles. The van der Waals surface area contributed by atoms with Crippen molar-refractivity contribution in [1.82, 2.24) is 20.1 Å². The van der Waals surface area contributed by atoms with Gasteiger partial charge < -0.3 is 15.0 Å². The topological polar surface area (TPSA) is 80.0 Å². The SMILES string of the molecule is CCn1cnnc1CNC(C)CC(=O)O. The van der Waals surface area contributed by atoms with E-state index in [9.17, 15) is 4.79 Å². The lowest BCUT2D eigenvalue weighted by atomic mass is 10.2. The molecule has 0 spiro atoms. The molecule has 2 N–H and O–H groups in total. The van der Waals surface area contributed by atoms with Crippen molar-refractivity contribution >= 4 is 5.97 Å². The van der Waals surface area contributed by atoms with Crippen LogP contribution in [0.1, 0.15) is 26.1 Å². The normalized spacial score (nSPS) is 12.7. The van der Waals surface area contributed by atoms with Crippen molar-refractivity contribution in [2.24, 2.45) is 0 Å². The van der Waals surface area contributed by atoms with E-state index in [0.717, 1.165) is 12.4 Å². The summed E-state index contributed by atoms with van der Waals surface area (Å²) in [7, 11) is 0. The van der Waals surface area contributed by atoms with Gasteiger partial charge in [-0.3, -0.25) is 4.79 Å². The summed E-state index contributed by atoms with van der Waals surface area (Å²) in [5, 5.41) is 19.4. The first kappa shape index (κ1) is 11.6. The molecule has 0 fully saturated rings. The third kappa shape index (κ3) is 3.67. The molecule has 84 valence electrons. The highest BCUT2D eigenvalue weighted by Gasteiger charge is 2.08. The summed E-state index contributed by atoms with van der Waals surface area (Å²) in [6.45, 7) is 5.20. The molecule has 15 heavy (non-hydrogen) atoms. The first-order valence-electron chi connectivity index (χ1n) is 4.95. The predicted molar refractivity (Wildman–Crippen MR) is 54.3 cm³/mol. The highest BCUT2D eigenvalue weighted by atomic mass is 16.4. The number of carbonyl (C=O) groups is 1. The molecule has 1 rings (SSSR count). The summed E-state index contributed by atoms with van der Waals surface area (Å²) in [4.78, 5) is 10.4. The maximum absolute atomic E-state index is 10.4. The summed E-state index contributed by atoms with van der Waals surface area (Å²) < 4.78 is 1.92. The van der Waals surface area contributed by atoms with Crippen LogP contribution in [-0.4, -0.2) is 31.9 Å². The number of nitrogens with zero attached hydrogens (tertiary/aromatic N) is 3. The second-order valence-corrected chi connectivity index (χ2v) is 3.41.